The van der Waals surface area contributed by atoms with Gasteiger partial charge in [0.15, 0.2) is 0 Å². The number of rotatable bonds is 0. The summed E-state index contributed by atoms with van der Waals surface area (Å²) in [5.41, 5.74) is 0.0481. The predicted octanol–water partition coefficient (Wildman–Crippen LogP) is 0.773. The molecular weight excluding hydrogens is 114 g/mol. The Hall–Kier alpha value is -0.0800. The van der Waals surface area contributed by atoms with Gasteiger partial charge in [0.2, 0.25) is 0 Å². The number of nitrogens with one attached hydrogen (secondary N) is 1. The SMILES string of the molecule is CC1COC(C)(C)CN1. The lowest BCUT2D eigenvalue weighted by Crippen LogP contribution is -2.50. The fourth-order valence-corrected chi connectivity index (χ4v) is 0.881. The summed E-state index contributed by atoms with van der Waals surface area (Å²) < 4.78 is 5.52. The van der Waals surface area contributed by atoms with Gasteiger partial charge >= 0.3 is 0 Å². The molecule has 0 radical (unpaired) electrons. The van der Waals surface area contributed by atoms with Crippen molar-refractivity contribution in [1.82, 2.24) is 5.32 Å². The second kappa shape index (κ2) is 2.27. The highest BCUT2D eigenvalue weighted by Crippen LogP contribution is 2.12. The molecule has 1 heterocycles. The topological polar surface area (TPSA) is 21.3 Å². The summed E-state index contributed by atoms with van der Waals surface area (Å²) in [7, 11) is 0. The van der Waals surface area contributed by atoms with E-state index in [2.05, 4.69) is 26.1 Å². The van der Waals surface area contributed by atoms with E-state index in [1.165, 1.54) is 0 Å². The molecule has 0 aliphatic carbocycles. The van der Waals surface area contributed by atoms with Crippen molar-refractivity contribution in [2.75, 3.05) is 13.2 Å². The first-order valence-corrected chi connectivity index (χ1v) is 3.47. The molecule has 0 amide bonds. The fourth-order valence-electron chi connectivity index (χ4n) is 0.881. The molecule has 1 N–H and O–H groups in total. The van der Waals surface area contributed by atoms with E-state index < -0.39 is 0 Å². The molecule has 2 heteroatoms. The van der Waals surface area contributed by atoms with Crippen LogP contribution in [-0.2, 0) is 4.74 Å². The molecule has 0 spiro atoms. The summed E-state index contributed by atoms with van der Waals surface area (Å²) in [4.78, 5) is 0. The van der Waals surface area contributed by atoms with Gasteiger partial charge in [-0.25, -0.2) is 0 Å². The third-order valence-electron chi connectivity index (χ3n) is 1.60. The molecule has 1 rings (SSSR count). The van der Waals surface area contributed by atoms with Gasteiger partial charge in [-0.1, -0.05) is 0 Å². The zero-order valence-electron chi connectivity index (χ0n) is 6.40. The molecule has 1 fully saturated rings. The average molecular weight is 129 g/mol. The van der Waals surface area contributed by atoms with Gasteiger partial charge in [-0.2, -0.15) is 0 Å². The molecule has 1 atom stereocenters. The van der Waals surface area contributed by atoms with E-state index in [9.17, 15) is 0 Å². The van der Waals surface area contributed by atoms with Crippen molar-refractivity contribution in [2.24, 2.45) is 0 Å². The van der Waals surface area contributed by atoms with Crippen molar-refractivity contribution in [3.8, 4) is 0 Å². The van der Waals surface area contributed by atoms with E-state index in [-0.39, 0.29) is 5.60 Å². The Morgan fingerprint density at radius 2 is 2.22 bits per heavy atom. The second-order valence-corrected chi connectivity index (χ2v) is 3.35. The number of hydrogen-bond acceptors (Lipinski definition) is 2. The molecule has 0 bridgehead atoms. The van der Waals surface area contributed by atoms with E-state index >= 15 is 0 Å². The minimum absolute atomic E-state index is 0.0481. The third kappa shape index (κ3) is 1.95. The number of ether oxygens (including phenoxy) is 1. The minimum atomic E-state index is 0.0481. The van der Waals surface area contributed by atoms with Gasteiger partial charge in [-0.05, 0) is 20.8 Å². The van der Waals surface area contributed by atoms with Gasteiger partial charge in [0.25, 0.3) is 0 Å². The van der Waals surface area contributed by atoms with Crippen LogP contribution in [-0.4, -0.2) is 24.8 Å². The molecule has 1 aliphatic heterocycles. The Bertz CT molecular complexity index is 91.1. The molecule has 0 saturated carbocycles. The normalized spacial score (nSPS) is 34.3. The Morgan fingerprint density at radius 1 is 1.56 bits per heavy atom. The number of morpholine rings is 1. The van der Waals surface area contributed by atoms with Crippen LogP contribution in [0.25, 0.3) is 0 Å². The van der Waals surface area contributed by atoms with Crippen molar-refractivity contribution in [3.05, 3.63) is 0 Å². The summed E-state index contributed by atoms with van der Waals surface area (Å²) in [6, 6.07) is 0.526. The van der Waals surface area contributed by atoms with Crippen LogP contribution in [0.3, 0.4) is 0 Å². The molecule has 2 nitrogen and oxygen atoms in total. The summed E-state index contributed by atoms with van der Waals surface area (Å²) in [6.07, 6.45) is 0. The molecular formula is C7H15NO. The van der Waals surface area contributed by atoms with Crippen molar-refractivity contribution >= 4 is 0 Å². The van der Waals surface area contributed by atoms with Crippen LogP contribution in [0.1, 0.15) is 20.8 Å². The lowest BCUT2D eigenvalue weighted by molar-refractivity contribution is -0.0549. The van der Waals surface area contributed by atoms with E-state index in [0.29, 0.717) is 6.04 Å². The molecule has 1 saturated heterocycles. The van der Waals surface area contributed by atoms with Gasteiger partial charge in [-0.3, -0.25) is 0 Å². The molecule has 1 unspecified atom stereocenters. The first-order chi connectivity index (χ1) is 4.10. The molecule has 54 valence electrons. The summed E-state index contributed by atoms with van der Waals surface area (Å²) in [5.74, 6) is 0. The maximum absolute atomic E-state index is 5.52. The fraction of sp³-hybridized carbons (Fsp3) is 1.00. The highest BCUT2D eigenvalue weighted by Gasteiger charge is 2.24. The van der Waals surface area contributed by atoms with Crippen LogP contribution >= 0.6 is 0 Å². The quantitative estimate of drug-likeness (QED) is 0.521. The van der Waals surface area contributed by atoms with Crippen LogP contribution in [0.15, 0.2) is 0 Å². The third-order valence-corrected chi connectivity index (χ3v) is 1.60. The highest BCUT2D eigenvalue weighted by molar-refractivity contribution is 4.79. The molecule has 0 aromatic heterocycles. The molecule has 0 aromatic rings. The Kier molecular flexibility index (Phi) is 1.78. The average Bonchev–Trinajstić information content (AvgIpc) is 1.78. The lowest BCUT2D eigenvalue weighted by atomic mass is 10.1. The van der Waals surface area contributed by atoms with Crippen LogP contribution in [0.2, 0.25) is 0 Å². The van der Waals surface area contributed by atoms with Crippen LogP contribution in [0.4, 0.5) is 0 Å². The number of hydrogen-bond donors (Lipinski definition) is 1. The van der Waals surface area contributed by atoms with Crippen molar-refractivity contribution in [1.29, 1.82) is 0 Å². The van der Waals surface area contributed by atoms with Crippen LogP contribution in [0.5, 0.6) is 0 Å². The predicted molar refractivity (Wildman–Crippen MR) is 37.5 cm³/mol. The van der Waals surface area contributed by atoms with Gasteiger partial charge in [0, 0.05) is 12.6 Å². The smallest absolute Gasteiger partial charge is 0.0751 e. The minimum Gasteiger partial charge on any atom is -0.373 e. The first-order valence-electron chi connectivity index (χ1n) is 3.47. The van der Waals surface area contributed by atoms with Crippen LogP contribution < -0.4 is 5.32 Å². The van der Waals surface area contributed by atoms with Crippen molar-refractivity contribution < 1.29 is 4.74 Å². The Labute approximate surface area is 56.6 Å². The summed E-state index contributed by atoms with van der Waals surface area (Å²) in [5, 5.41) is 3.35. The van der Waals surface area contributed by atoms with Gasteiger partial charge in [0.05, 0.1) is 12.2 Å². The zero-order valence-corrected chi connectivity index (χ0v) is 6.40. The Morgan fingerprint density at radius 3 is 2.56 bits per heavy atom. The van der Waals surface area contributed by atoms with Gasteiger partial charge in [-0.15, -0.1) is 0 Å². The van der Waals surface area contributed by atoms with E-state index in [1.54, 1.807) is 0 Å². The van der Waals surface area contributed by atoms with E-state index in [0.717, 1.165) is 13.2 Å². The van der Waals surface area contributed by atoms with Crippen molar-refractivity contribution in [3.63, 3.8) is 0 Å². The first kappa shape index (κ1) is 7.03. The Balaban J connectivity index is 2.35. The molecule has 0 aromatic carbocycles. The molecule has 1 aliphatic rings. The lowest BCUT2D eigenvalue weighted by Gasteiger charge is -2.34. The summed E-state index contributed by atoms with van der Waals surface area (Å²) in [6.45, 7) is 8.15. The second-order valence-electron chi connectivity index (χ2n) is 3.35. The van der Waals surface area contributed by atoms with E-state index in [1.807, 2.05) is 0 Å². The van der Waals surface area contributed by atoms with E-state index in [4.69, 9.17) is 4.74 Å². The van der Waals surface area contributed by atoms with Crippen molar-refractivity contribution in [2.45, 2.75) is 32.4 Å². The monoisotopic (exact) mass is 129 g/mol. The maximum Gasteiger partial charge on any atom is 0.0751 e. The summed E-state index contributed by atoms with van der Waals surface area (Å²) >= 11 is 0. The highest BCUT2D eigenvalue weighted by atomic mass is 16.5. The maximum atomic E-state index is 5.52. The van der Waals surface area contributed by atoms with Gasteiger partial charge < -0.3 is 10.1 Å². The standard InChI is InChI=1S/C7H15NO/c1-6-4-9-7(2,3)5-8-6/h6,8H,4-5H2,1-3H3. The van der Waals surface area contributed by atoms with Crippen LogP contribution in [0, 0.1) is 0 Å². The zero-order chi connectivity index (χ0) is 6.91. The van der Waals surface area contributed by atoms with Gasteiger partial charge in [0.1, 0.15) is 0 Å². The largest absolute Gasteiger partial charge is 0.373 e. The molecule has 9 heavy (non-hydrogen) atoms.